The van der Waals surface area contributed by atoms with Crippen LogP contribution in [0.3, 0.4) is 0 Å². The average molecular weight is 271 g/mol. The molecule has 1 aromatic heterocycles. The van der Waals surface area contributed by atoms with E-state index in [1.807, 2.05) is 6.92 Å². The van der Waals surface area contributed by atoms with Gasteiger partial charge in [0.25, 0.3) is 5.91 Å². The lowest BCUT2D eigenvalue weighted by Crippen LogP contribution is -2.57. The summed E-state index contributed by atoms with van der Waals surface area (Å²) in [6.45, 7) is 8.66. The van der Waals surface area contributed by atoms with Gasteiger partial charge in [-0.1, -0.05) is 0 Å². The third-order valence-electron chi connectivity index (χ3n) is 3.10. The molecule has 102 valence electrons. The lowest BCUT2D eigenvalue weighted by Gasteiger charge is -2.37. The van der Waals surface area contributed by atoms with E-state index in [1.54, 1.807) is 33.1 Å². The fourth-order valence-corrected chi connectivity index (χ4v) is 1.86. The summed E-state index contributed by atoms with van der Waals surface area (Å²) in [6, 6.07) is -0.182. The number of rotatable bonds is 4. The van der Waals surface area contributed by atoms with Crippen molar-refractivity contribution < 1.29 is 9.90 Å². The molecule has 0 saturated heterocycles. The summed E-state index contributed by atoms with van der Waals surface area (Å²) in [5.41, 5.74) is 4.26. The van der Waals surface area contributed by atoms with Crippen molar-refractivity contribution in [3.8, 4) is 0 Å². The number of carbonyl (C=O) groups is 1. The number of aliphatic hydroxyl groups is 1. The van der Waals surface area contributed by atoms with Gasteiger partial charge < -0.3 is 16.2 Å². The van der Waals surface area contributed by atoms with Crippen LogP contribution in [-0.4, -0.2) is 27.1 Å². The third-order valence-corrected chi connectivity index (χ3v) is 4.15. The molecule has 0 fully saturated rings. The molecule has 18 heavy (non-hydrogen) atoms. The highest BCUT2D eigenvalue weighted by molar-refractivity contribution is 7.09. The predicted octanol–water partition coefficient (Wildman–Crippen LogP) is 1.44. The SMILES string of the molecule is CC(N)c1nc(C(=O)NC(C)(C)C(C)(C)O)cs1. The molecule has 0 aliphatic carbocycles. The molecule has 1 unspecified atom stereocenters. The molecule has 0 saturated carbocycles. The molecule has 6 heteroatoms. The van der Waals surface area contributed by atoms with Gasteiger partial charge in [-0.15, -0.1) is 11.3 Å². The Kier molecular flexibility index (Phi) is 4.15. The normalized spacial score (nSPS) is 14.4. The molecule has 1 rings (SSSR count). The van der Waals surface area contributed by atoms with E-state index in [2.05, 4.69) is 10.3 Å². The van der Waals surface area contributed by atoms with E-state index in [-0.39, 0.29) is 11.9 Å². The van der Waals surface area contributed by atoms with Crippen molar-refractivity contribution in [3.05, 3.63) is 16.1 Å². The molecule has 5 nitrogen and oxygen atoms in total. The summed E-state index contributed by atoms with van der Waals surface area (Å²) in [7, 11) is 0. The molecule has 0 aliphatic rings. The average Bonchev–Trinajstić information content (AvgIpc) is 2.63. The summed E-state index contributed by atoms with van der Waals surface area (Å²) in [5, 5.41) is 15.2. The van der Waals surface area contributed by atoms with Crippen molar-refractivity contribution in [2.24, 2.45) is 5.73 Å². The van der Waals surface area contributed by atoms with Gasteiger partial charge in [-0.25, -0.2) is 4.98 Å². The minimum Gasteiger partial charge on any atom is -0.388 e. The fraction of sp³-hybridized carbons (Fsp3) is 0.667. The first-order chi connectivity index (χ1) is 8.04. The van der Waals surface area contributed by atoms with Crippen LogP contribution in [0.1, 0.15) is 56.2 Å². The predicted molar refractivity (Wildman–Crippen MR) is 72.6 cm³/mol. The fourth-order valence-electron chi connectivity index (χ4n) is 1.10. The van der Waals surface area contributed by atoms with E-state index in [9.17, 15) is 9.90 Å². The highest BCUT2D eigenvalue weighted by Gasteiger charge is 2.36. The molecule has 0 radical (unpaired) electrons. The summed E-state index contributed by atoms with van der Waals surface area (Å²) >= 11 is 1.36. The molecule has 1 atom stereocenters. The maximum absolute atomic E-state index is 12.0. The number of nitrogens with two attached hydrogens (primary N) is 1. The first kappa shape index (κ1) is 15.1. The first-order valence-corrected chi connectivity index (χ1v) is 6.68. The van der Waals surface area contributed by atoms with Crippen LogP contribution in [0.5, 0.6) is 0 Å². The topological polar surface area (TPSA) is 88.2 Å². The number of nitrogens with one attached hydrogen (secondary N) is 1. The molecule has 1 aromatic rings. The molecule has 4 N–H and O–H groups in total. The van der Waals surface area contributed by atoms with Crippen molar-refractivity contribution in [3.63, 3.8) is 0 Å². The quantitative estimate of drug-likeness (QED) is 0.773. The Bertz CT molecular complexity index is 433. The van der Waals surface area contributed by atoms with Gasteiger partial charge in [-0.2, -0.15) is 0 Å². The smallest absolute Gasteiger partial charge is 0.271 e. The minimum absolute atomic E-state index is 0.182. The Morgan fingerprint density at radius 3 is 2.44 bits per heavy atom. The van der Waals surface area contributed by atoms with Gasteiger partial charge in [0, 0.05) is 5.38 Å². The maximum atomic E-state index is 12.0. The largest absolute Gasteiger partial charge is 0.388 e. The molecule has 0 aliphatic heterocycles. The van der Waals surface area contributed by atoms with Gasteiger partial charge >= 0.3 is 0 Å². The number of amides is 1. The van der Waals surface area contributed by atoms with Crippen molar-refractivity contribution in [2.75, 3.05) is 0 Å². The molecule has 1 amide bonds. The Morgan fingerprint density at radius 1 is 1.50 bits per heavy atom. The van der Waals surface area contributed by atoms with E-state index < -0.39 is 11.1 Å². The van der Waals surface area contributed by atoms with Crippen LogP contribution in [0.25, 0.3) is 0 Å². The van der Waals surface area contributed by atoms with Crippen LogP contribution in [0.4, 0.5) is 0 Å². The number of hydrogen-bond donors (Lipinski definition) is 3. The molecule has 0 aromatic carbocycles. The Morgan fingerprint density at radius 2 is 2.06 bits per heavy atom. The summed E-state index contributed by atoms with van der Waals surface area (Å²) in [5.74, 6) is -0.301. The molecule has 0 bridgehead atoms. The van der Waals surface area contributed by atoms with E-state index in [1.165, 1.54) is 11.3 Å². The van der Waals surface area contributed by atoms with E-state index >= 15 is 0 Å². The van der Waals surface area contributed by atoms with E-state index in [4.69, 9.17) is 5.73 Å². The van der Waals surface area contributed by atoms with E-state index in [0.29, 0.717) is 5.69 Å². The van der Waals surface area contributed by atoms with Crippen LogP contribution in [0.2, 0.25) is 0 Å². The lowest BCUT2D eigenvalue weighted by molar-refractivity contribution is -0.00301. The Hall–Kier alpha value is -0.980. The zero-order chi connectivity index (χ0) is 14.1. The molecular formula is C12H21N3O2S. The number of thiazole rings is 1. The number of aromatic nitrogens is 1. The number of carbonyl (C=O) groups excluding carboxylic acids is 1. The molecule has 0 spiro atoms. The van der Waals surface area contributed by atoms with Gasteiger partial charge in [0.2, 0.25) is 0 Å². The van der Waals surface area contributed by atoms with Crippen LogP contribution in [0.15, 0.2) is 5.38 Å². The summed E-state index contributed by atoms with van der Waals surface area (Å²) < 4.78 is 0. The zero-order valence-electron chi connectivity index (χ0n) is 11.4. The third kappa shape index (κ3) is 3.28. The van der Waals surface area contributed by atoms with Gasteiger partial charge in [-0.3, -0.25) is 4.79 Å². The van der Waals surface area contributed by atoms with Gasteiger partial charge in [0.05, 0.1) is 17.2 Å². The van der Waals surface area contributed by atoms with Crippen molar-refractivity contribution >= 4 is 17.2 Å². The summed E-state index contributed by atoms with van der Waals surface area (Å²) in [4.78, 5) is 16.2. The second-order valence-electron chi connectivity index (χ2n) is 5.50. The van der Waals surface area contributed by atoms with Crippen LogP contribution >= 0.6 is 11.3 Å². The van der Waals surface area contributed by atoms with Crippen LogP contribution in [-0.2, 0) is 0 Å². The zero-order valence-corrected chi connectivity index (χ0v) is 12.3. The highest BCUT2D eigenvalue weighted by atomic mass is 32.1. The molecule has 1 heterocycles. The molecular weight excluding hydrogens is 250 g/mol. The monoisotopic (exact) mass is 271 g/mol. The highest BCUT2D eigenvalue weighted by Crippen LogP contribution is 2.22. The van der Waals surface area contributed by atoms with Crippen LogP contribution in [0, 0.1) is 0 Å². The standard InChI is InChI=1S/C12H21N3O2S/c1-7(13)10-14-8(6-18-10)9(16)15-11(2,3)12(4,5)17/h6-7,17H,13H2,1-5H3,(H,15,16). The Labute approximate surface area is 111 Å². The first-order valence-electron chi connectivity index (χ1n) is 5.80. The van der Waals surface area contributed by atoms with Crippen molar-refractivity contribution in [2.45, 2.75) is 51.8 Å². The minimum atomic E-state index is -1.03. The van der Waals surface area contributed by atoms with Crippen molar-refractivity contribution in [1.82, 2.24) is 10.3 Å². The van der Waals surface area contributed by atoms with Gasteiger partial charge in [-0.05, 0) is 34.6 Å². The van der Waals surface area contributed by atoms with Gasteiger partial charge in [0.15, 0.2) is 0 Å². The van der Waals surface area contributed by atoms with Gasteiger partial charge in [0.1, 0.15) is 10.7 Å². The van der Waals surface area contributed by atoms with E-state index in [0.717, 1.165) is 5.01 Å². The second kappa shape index (κ2) is 4.95. The number of nitrogens with zero attached hydrogens (tertiary/aromatic N) is 1. The summed E-state index contributed by atoms with van der Waals surface area (Å²) in [6.07, 6.45) is 0. The lowest BCUT2D eigenvalue weighted by atomic mass is 9.86. The Balaban J connectivity index is 2.83. The van der Waals surface area contributed by atoms with Crippen molar-refractivity contribution in [1.29, 1.82) is 0 Å². The second-order valence-corrected chi connectivity index (χ2v) is 6.39. The maximum Gasteiger partial charge on any atom is 0.271 e. The van der Waals surface area contributed by atoms with Crippen LogP contribution < -0.4 is 11.1 Å². The number of hydrogen-bond acceptors (Lipinski definition) is 5.